The molecule has 0 aromatic heterocycles. The summed E-state index contributed by atoms with van der Waals surface area (Å²) >= 11 is 0. The molecule has 0 fully saturated rings. The Morgan fingerprint density at radius 2 is 1.17 bits per heavy atom. The second-order valence-corrected chi connectivity index (χ2v) is 4.51. The lowest BCUT2D eigenvalue weighted by atomic mass is 9.63. The first-order valence-corrected chi connectivity index (χ1v) is 6.22. The summed E-state index contributed by atoms with van der Waals surface area (Å²) in [7, 11) is 0.960. The Morgan fingerprint density at radius 3 is 1.57 bits per heavy atom. The maximum Gasteiger partial charge on any atom is 0.208 e. The largest absolute Gasteiger partial charge is 0.497 e. The highest BCUT2D eigenvalue weighted by Gasteiger charge is 2.28. The SMILES string of the molecule is COc1cc(F)c(Bc2c(F)c(F)c(OC)c(F)c2F)c(F)c1. The van der Waals surface area contributed by atoms with Gasteiger partial charge in [0, 0.05) is 12.1 Å². The molecule has 0 unspecified atom stereocenters. The van der Waals surface area contributed by atoms with Crippen molar-refractivity contribution in [1.82, 2.24) is 0 Å². The number of rotatable bonds is 4. The maximum absolute atomic E-state index is 13.9. The van der Waals surface area contributed by atoms with Gasteiger partial charge in [-0.3, -0.25) is 0 Å². The van der Waals surface area contributed by atoms with E-state index in [9.17, 15) is 26.3 Å². The van der Waals surface area contributed by atoms with Crippen molar-refractivity contribution in [3.05, 3.63) is 47.0 Å². The number of methoxy groups -OCH3 is 2. The molecule has 0 aliphatic carbocycles. The molecule has 122 valence electrons. The summed E-state index contributed by atoms with van der Waals surface area (Å²) in [6.07, 6.45) is 0. The fourth-order valence-corrected chi connectivity index (χ4v) is 2.03. The molecule has 0 saturated heterocycles. The minimum atomic E-state index is -1.78. The topological polar surface area (TPSA) is 18.5 Å². The quantitative estimate of drug-likeness (QED) is 0.483. The summed E-state index contributed by atoms with van der Waals surface area (Å²) in [4.78, 5) is 0. The zero-order valence-corrected chi connectivity index (χ0v) is 11.9. The molecule has 0 amide bonds. The predicted octanol–water partition coefficient (Wildman–Crippen LogP) is 1.93. The van der Waals surface area contributed by atoms with Gasteiger partial charge in [-0.1, -0.05) is 0 Å². The number of benzene rings is 2. The molecule has 0 spiro atoms. The van der Waals surface area contributed by atoms with Gasteiger partial charge < -0.3 is 9.47 Å². The Labute approximate surface area is 127 Å². The Morgan fingerprint density at radius 1 is 0.696 bits per heavy atom. The van der Waals surface area contributed by atoms with E-state index in [0.29, 0.717) is 0 Å². The van der Waals surface area contributed by atoms with Crippen molar-refractivity contribution in [2.75, 3.05) is 14.2 Å². The third-order valence-electron chi connectivity index (χ3n) is 3.22. The first-order chi connectivity index (χ1) is 10.8. The molecule has 23 heavy (non-hydrogen) atoms. The highest BCUT2D eigenvalue weighted by atomic mass is 19.2. The number of hydrogen-bond acceptors (Lipinski definition) is 2. The molecule has 2 nitrogen and oxygen atoms in total. The molecule has 0 saturated carbocycles. The van der Waals surface area contributed by atoms with Gasteiger partial charge >= 0.3 is 0 Å². The Kier molecular flexibility index (Phi) is 4.77. The van der Waals surface area contributed by atoms with Crippen LogP contribution in [0.1, 0.15) is 0 Å². The molecule has 0 atom stereocenters. The van der Waals surface area contributed by atoms with Crippen LogP contribution < -0.4 is 20.4 Å². The standard InChI is InChI=1S/C14H9BF6O2/c1-22-5-3-6(16)8(7(17)4-5)15-9-10(18)12(20)14(23-2)13(21)11(9)19/h3-4,15H,1-2H3. The molecule has 0 aliphatic rings. The van der Waals surface area contributed by atoms with E-state index in [1.807, 2.05) is 0 Å². The van der Waals surface area contributed by atoms with Crippen LogP contribution in [0, 0.1) is 34.9 Å². The molecule has 0 radical (unpaired) electrons. The van der Waals surface area contributed by atoms with Crippen LogP contribution in [0.4, 0.5) is 26.3 Å². The zero-order chi connectivity index (χ0) is 17.3. The molecule has 2 rings (SSSR count). The van der Waals surface area contributed by atoms with E-state index in [2.05, 4.69) is 9.47 Å². The van der Waals surface area contributed by atoms with Crippen LogP contribution in [-0.2, 0) is 0 Å². The lowest BCUT2D eigenvalue weighted by Gasteiger charge is -2.12. The van der Waals surface area contributed by atoms with E-state index >= 15 is 0 Å². The monoisotopic (exact) mass is 334 g/mol. The first kappa shape index (κ1) is 17.0. The van der Waals surface area contributed by atoms with E-state index in [-0.39, 0.29) is 5.75 Å². The molecule has 2 aromatic rings. The van der Waals surface area contributed by atoms with Gasteiger partial charge in [0.15, 0.2) is 17.4 Å². The predicted molar refractivity (Wildman–Crippen MR) is 72.2 cm³/mol. The Balaban J connectivity index is 2.58. The zero-order valence-electron chi connectivity index (χ0n) is 11.9. The summed E-state index contributed by atoms with van der Waals surface area (Å²) in [5.41, 5.74) is -1.91. The minimum Gasteiger partial charge on any atom is -0.497 e. The van der Waals surface area contributed by atoms with Crippen LogP contribution in [0.5, 0.6) is 11.5 Å². The van der Waals surface area contributed by atoms with E-state index < -0.39 is 58.9 Å². The van der Waals surface area contributed by atoms with Gasteiger partial charge in [0.1, 0.15) is 17.4 Å². The summed E-state index contributed by atoms with van der Waals surface area (Å²) in [6.45, 7) is 0. The summed E-state index contributed by atoms with van der Waals surface area (Å²) in [5.74, 6) is -10.9. The van der Waals surface area contributed by atoms with Crippen LogP contribution in [0.2, 0.25) is 0 Å². The van der Waals surface area contributed by atoms with E-state index in [4.69, 9.17) is 0 Å². The van der Waals surface area contributed by atoms with Crippen LogP contribution >= 0.6 is 0 Å². The van der Waals surface area contributed by atoms with E-state index in [1.165, 1.54) is 7.11 Å². The molecule has 0 N–H and O–H groups in total. The second kappa shape index (κ2) is 6.43. The average Bonchev–Trinajstić information content (AvgIpc) is 2.52. The van der Waals surface area contributed by atoms with E-state index in [1.54, 1.807) is 0 Å². The fourth-order valence-electron chi connectivity index (χ4n) is 2.03. The molecule has 0 bridgehead atoms. The van der Waals surface area contributed by atoms with Gasteiger partial charge in [0.2, 0.25) is 18.9 Å². The number of hydrogen-bond donors (Lipinski definition) is 0. The number of ether oxygens (including phenoxy) is 2. The highest BCUT2D eigenvalue weighted by molar-refractivity contribution is 6.67. The van der Waals surface area contributed by atoms with Crippen LogP contribution in [-0.4, -0.2) is 21.5 Å². The molecule has 0 heterocycles. The van der Waals surface area contributed by atoms with Gasteiger partial charge in [-0.15, -0.1) is 0 Å². The number of halogens is 6. The molecule has 0 aliphatic heterocycles. The van der Waals surface area contributed by atoms with Crippen LogP contribution in [0.3, 0.4) is 0 Å². The molecular formula is C14H9BF6O2. The maximum atomic E-state index is 13.9. The average molecular weight is 334 g/mol. The van der Waals surface area contributed by atoms with Crippen LogP contribution in [0.25, 0.3) is 0 Å². The minimum absolute atomic E-state index is 0.156. The molecule has 9 heteroatoms. The Hall–Kier alpha value is -2.32. The second-order valence-electron chi connectivity index (χ2n) is 4.51. The van der Waals surface area contributed by atoms with E-state index in [0.717, 1.165) is 19.2 Å². The van der Waals surface area contributed by atoms with Crippen molar-refractivity contribution in [2.45, 2.75) is 0 Å². The van der Waals surface area contributed by atoms with Gasteiger partial charge in [-0.2, -0.15) is 8.78 Å². The summed E-state index contributed by atoms with van der Waals surface area (Å²) in [6, 6.07) is 1.56. The fraction of sp³-hybridized carbons (Fsp3) is 0.143. The summed E-state index contributed by atoms with van der Waals surface area (Å²) < 4.78 is 91.4. The highest BCUT2D eigenvalue weighted by Crippen LogP contribution is 2.24. The lowest BCUT2D eigenvalue weighted by molar-refractivity contribution is 0.335. The lowest BCUT2D eigenvalue weighted by Crippen LogP contribution is -2.37. The normalized spacial score (nSPS) is 10.6. The van der Waals surface area contributed by atoms with Crippen molar-refractivity contribution in [1.29, 1.82) is 0 Å². The van der Waals surface area contributed by atoms with Crippen molar-refractivity contribution in [3.63, 3.8) is 0 Å². The smallest absolute Gasteiger partial charge is 0.208 e. The van der Waals surface area contributed by atoms with Crippen molar-refractivity contribution < 1.29 is 35.8 Å². The third kappa shape index (κ3) is 2.95. The van der Waals surface area contributed by atoms with Crippen molar-refractivity contribution >= 4 is 18.2 Å². The van der Waals surface area contributed by atoms with Gasteiger partial charge in [0.05, 0.1) is 14.2 Å². The molecular weight excluding hydrogens is 325 g/mol. The van der Waals surface area contributed by atoms with Gasteiger partial charge in [-0.05, 0) is 10.9 Å². The van der Waals surface area contributed by atoms with Crippen molar-refractivity contribution in [2.24, 2.45) is 0 Å². The Bertz CT molecular complexity index is 713. The first-order valence-electron chi connectivity index (χ1n) is 6.22. The third-order valence-corrected chi connectivity index (χ3v) is 3.22. The molecule has 2 aromatic carbocycles. The van der Waals surface area contributed by atoms with Gasteiger partial charge in [0.25, 0.3) is 0 Å². The van der Waals surface area contributed by atoms with Crippen LogP contribution in [0.15, 0.2) is 12.1 Å². The summed E-state index contributed by atoms with van der Waals surface area (Å²) in [5, 5.41) is 0. The van der Waals surface area contributed by atoms with Crippen molar-refractivity contribution in [3.8, 4) is 11.5 Å². The van der Waals surface area contributed by atoms with Gasteiger partial charge in [-0.25, -0.2) is 17.6 Å².